The van der Waals surface area contributed by atoms with Gasteiger partial charge in [-0.05, 0) is 29.7 Å². The molecule has 0 fully saturated rings. The number of methoxy groups -OCH3 is 1. The third-order valence-corrected chi connectivity index (χ3v) is 3.58. The highest BCUT2D eigenvalue weighted by Crippen LogP contribution is 2.17. The molecule has 5 nitrogen and oxygen atoms in total. The van der Waals surface area contributed by atoms with E-state index in [9.17, 15) is 0 Å². The summed E-state index contributed by atoms with van der Waals surface area (Å²) >= 11 is 5.78. The van der Waals surface area contributed by atoms with E-state index in [2.05, 4.69) is 26.7 Å². The van der Waals surface area contributed by atoms with E-state index < -0.39 is 0 Å². The first-order valence-corrected chi connectivity index (χ1v) is 7.77. The predicted octanol–water partition coefficient (Wildman–Crippen LogP) is 3.27. The Hall–Kier alpha value is -1.54. The minimum Gasteiger partial charge on any atom is -0.496 e. The van der Waals surface area contributed by atoms with Gasteiger partial charge in [0.15, 0.2) is 5.96 Å². The van der Waals surface area contributed by atoms with Crippen LogP contribution in [0.5, 0.6) is 5.75 Å². The van der Waals surface area contributed by atoms with Crippen LogP contribution in [-0.4, -0.2) is 31.6 Å². The van der Waals surface area contributed by atoms with Crippen molar-refractivity contribution in [3.05, 3.63) is 58.9 Å². The summed E-state index contributed by atoms with van der Waals surface area (Å²) in [4.78, 5) is 8.27. The van der Waals surface area contributed by atoms with Crippen LogP contribution in [0.2, 0.25) is 5.15 Å². The van der Waals surface area contributed by atoms with E-state index in [0.717, 1.165) is 30.2 Å². The topological polar surface area (TPSA) is 58.5 Å². The van der Waals surface area contributed by atoms with Gasteiger partial charge in [0.2, 0.25) is 0 Å². The molecule has 0 radical (unpaired) electrons. The highest BCUT2D eigenvalue weighted by atomic mass is 127. The van der Waals surface area contributed by atoms with Crippen molar-refractivity contribution in [1.29, 1.82) is 0 Å². The van der Waals surface area contributed by atoms with E-state index in [-0.39, 0.29) is 24.0 Å². The number of guanidine groups is 1. The fraction of sp³-hybridized carbons (Fsp3) is 0.294. The Balaban J connectivity index is 0.00000288. The van der Waals surface area contributed by atoms with Crippen molar-refractivity contribution in [2.45, 2.75) is 13.0 Å². The number of nitrogens with one attached hydrogen (secondary N) is 2. The van der Waals surface area contributed by atoms with E-state index in [4.69, 9.17) is 16.3 Å². The molecule has 2 aromatic rings. The summed E-state index contributed by atoms with van der Waals surface area (Å²) in [5, 5.41) is 7.03. The quantitative estimate of drug-likeness (QED) is 0.301. The smallest absolute Gasteiger partial charge is 0.191 e. The van der Waals surface area contributed by atoms with Gasteiger partial charge in [-0.2, -0.15) is 0 Å². The number of ether oxygens (including phenoxy) is 1. The SMILES string of the molecule is CN=C(NCCc1ccccc1OC)NCc1ccc(Cl)nc1.I. The Morgan fingerprint density at radius 3 is 2.67 bits per heavy atom. The van der Waals surface area contributed by atoms with Gasteiger partial charge in [-0.25, -0.2) is 4.98 Å². The first-order chi connectivity index (χ1) is 11.2. The van der Waals surface area contributed by atoms with E-state index in [1.807, 2.05) is 24.3 Å². The molecule has 0 aliphatic carbocycles. The molecular formula is C17H22ClIN4O. The molecule has 0 saturated carbocycles. The van der Waals surface area contributed by atoms with E-state index in [1.54, 1.807) is 26.4 Å². The lowest BCUT2D eigenvalue weighted by Crippen LogP contribution is -2.37. The Bertz CT molecular complexity index is 649. The van der Waals surface area contributed by atoms with Crippen LogP contribution in [0.15, 0.2) is 47.6 Å². The van der Waals surface area contributed by atoms with Gasteiger partial charge in [0, 0.05) is 26.3 Å². The fourth-order valence-electron chi connectivity index (χ4n) is 2.14. The third kappa shape index (κ3) is 6.52. The van der Waals surface area contributed by atoms with Crippen LogP contribution < -0.4 is 15.4 Å². The molecule has 2 N–H and O–H groups in total. The van der Waals surface area contributed by atoms with Gasteiger partial charge >= 0.3 is 0 Å². The second-order valence-electron chi connectivity index (χ2n) is 4.90. The van der Waals surface area contributed by atoms with Gasteiger partial charge in [0.05, 0.1) is 7.11 Å². The van der Waals surface area contributed by atoms with Crippen LogP contribution in [0.4, 0.5) is 0 Å². The molecule has 7 heteroatoms. The second-order valence-corrected chi connectivity index (χ2v) is 5.29. The number of benzene rings is 1. The number of para-hydroxylation sites is 1. The van der Waals surface area contributed by atoms with Gasteiger partial charge < -0.3 is 15.4 Å². The van der Waals surface area contributed by atoms with Crippen molar-refractivity contribution < 1.29 is 4.74 Å². The number of hydrogen-bond acceptors (Lipinski definition) is 3. The molecule has 0 spiro atoms. The van der Waals surface area contributed by atoms with Crippen molar-refractivity contribution in [3.8, 4) is 5.75 Å². The first kappa shape index (κ1) is 20.5. The summed E-state index contributed by atoms with van der Waals surface area (Å²) in [6.45, 7) is 1.40. The van der Waals surface area contributed by atoms with Crippen LogP contribution in [0, 0.1) is 0 Å². The lowest BCUT2D eigenvalue weighted by Gasteiger charge is -2.13. The molecule has 0 amide bonds. The summed E-state index contributed by atoms with van der Waals surface area (Å²) in [7, 11) is 3.44. The van der Waals surface area contributed by atoms with Crippen LogP contribution in [0.25, 0.3) is 0 Å². The highest BCUT2D eigenvalue weighted by Gasteiger charge is 2.03. The molecule has 0 saturated heterocycles. The largest absolute Gasteiger partial charge is 0.496 e. The van der Waals surface area contributed by atoms with Gasteiger partial charge in [-0.1, -0.05) is 35.9 Å². The number of nitrogens with zero attached hydrogens (tertiary/aromatic N) is 2. The number of rotatable bonds is 6. The van der Waals surface area contributed by atoms with Crippen LogP contribution in [0.1, 0.15) is 11.1 Å². The van der Waals surface area contributed by atoms with Crippen LogP contribution in [-0.2, 0) is 13.0 Å². The van der Waals surface area contributed by atoms with Crippen molar-refractivity contribution in [2.24, 2.45) is 4.99 Å². The van der Waals surface area contributed by atoms with Crippen molar-refractivity contribution >= 4 is 41.5 Å². The molecular weight excluding hydrogens is 439 g/mol. The summed E-state index contributed by atoms with van der Waals surface area (Å²) in [6, 6.07) is 11.7. The van der Waals surface area contributed by atoms with Gasteiger partial charge in [0.25, 0.3) is 0 Å². The zero-order chi connectivity index (χ0) is 16.5. The number of aliphatic imine (C=N–C) groups is 1. The van der Waals surface area contributed by atoms with Gasteiger partial charge in [-0.15, -0.1) is 24.0 Å². The monoisotopic (exact) mass is 460 g/mol. The van der Waals surface area contributed by atoms with Gasteiger partial charge in [-0.3, -0.25) is 4.99 Å². The minimum atomic E-state index is 0. The number of hydrogen-bond donors (Lipinski definition) is 2. The van der Waals surface area contributed by atoms with E-state index >= 15 is 0 Å². The maximum absolute atomic E-state index is 5.78. The maximum Gasteiger partial charge on any atom is 0.191 e. The zero-order valence-electron chi connectivity index (χ0n) is 13.8. The van der Waals surface area contributed by atoms with E-state index in [1.165, 1.54) is 5.56 Å². The molecule has 1 aromatic carbocycles. The van der Waals surface area contributed by atoms with E-state index in [0.29, 0.717) is 11.7 Å². The maximum atomic E-state index is 5.78. The molecule has 1 heterocycles. The minimum absolute atomic E-state index is 0. The average molecular weight is 461 g/mol. The molecule has 1 aromatic heterocycles. The highest BCUT2D eigenvalue weighted by molar-refractivity contribution is 14.0. The van der Waals surface area contributed by atoms with Crippen LogP contribution >= 0.6 is 35.6 Å². The fourth-order valence-corrected chi connectivity index (χ4v) is 2.25. The van der Waals surface area contributed by atoms with Gasteiger partial charge in [0.1, 0.15) is 10.9 Å². The number of pyridine rings is 1. The van der Waals surface area contributed by atoms with Crippen molar-refractivity contribution in [1.82, 2.24) is 15.6 Å². The summed E-state index contributed by atoms with van der Waals surface area (Å²) in [5.74, 6) is 1.65. The van der Waals surface area contributed by atoms with Crippen molar-refractivity contribution in [2.75, 3.05) is 20.7 Å². The molecule has 2 rings (SSSR count). The zero-order valence-corrected chi connectivity index (χ0v) is 16.8. The predicted molar refractivity (Wildman–Crippen MR) is 110 cm³/mol. The third-order valence-electron chi connectivity index (χ3n) is 3.35. The summed E-state index contributed by atoms with van der Waals surface area (Å²) < 4.78 is 5.35. The second kappa shape index (κ2) is 11.1. The average Bonchev–Trinajstić information content (AvgIpc) is 2.59. The molecule has 0 aliphatic rings. The Morgan fingerprint density at radius 2 is 2.00 bits per heavy atom. The lowest BCUT2D eigenvalue weighted by atomic mass is 10.1. The molecule has 0 aliphatic heterocycles. The molecule has 0 atom stereocenters. The lowest BCUT2D eigenvalue weighted by molar-refractivity contribution is 0.409. The van der Waals surface area contributed by atoms with Crippen LogP contribution in [0.3, 0.4) is 0 Å². The molecule has 130 valence electrons. The summed E-state index contributed by atoms with van der Waals surface area (Å²) in [5.41, 5.74) is 2.21. The summed E-state index contributed by atoms with van der Waals surface area (Å²) in [6.07, 6.45) is 2.60. The number of aromatic nitrogens is 1. The molecule has 0 unspecified atom stereocenters. The number of halogens is 2. The molecule has 0 bridgehead atoms. The Kier molecular flexibility index (Phi) is 9.48. The Morgan fingerprint density at radius 1 is 1.21 bits per heavy atom. The van der Waals surface area contributed by atoms with Crippen molar-refractivity contribution in [3.63, 3.8) is 0 Å². The first-order valence-electron chi connectivity index (χ1n) is 7.39. The standard InChI is InChI=1S/C17H21ClN4O.HI/c1-19-17(22-12-13-7-8-16(18)21-11-13)20-10-9-14-5-3-4-6-15(14)23-2;/h3-8,11H,9-10,12H2,1-2H3,(H2,19,20,22);1H. The normalized spacial score (nSPS) is 10.7. The Labute approximate surface area is 164 Å². The molecule has 24 heavy (non-hydrogen) atoms.